The van der Waals surface area contributed by atoms with E-state index < -0.39 is 0 Å². The van der Waals surface area contributed by atoms with Gasteiger partial charge in [-0.25, -0.2) is 9.97 Å². The Hall–Kier alpha value is -1.98. The third-order valence-electron chi connectivity index (χ3n) is 5.34. The Kier molecular flexibility index (Phi) is 7.62. The van der Waals surface area contributed by atoms with Gasteiger partial charge >= 0.3 is 0 Å². The summed E-state index contributed by atoms with van der Waals surface area (Å²) in [5.41, 5.74) is 3.21. The SMILES string of the molecule is CCN(CC)CCCC(C)Nc1nc(-c2ccc(Br)cc2)nc2ccc(C)cc12. The lowest BCUT2D eigenvalue weighted by molar-refractivity contribution is 0.295. The van der Waals surface area contributed by atoms with Crippen molar-refractivity contribution in [1.29, 1.82) is 0 Å². The Bertz CT molecular complexity index is 936. The number of benzene rings is 2. The van der Waals surface area contributed by atoms with Gasteiger partial charge in [0.1, 0.15) is 5.82 Å². The fraction of sp³-hybridized carbons (Fsp3) is 0.417. The highest BCUT2D eigenvalue weighted by molar-refractivity contribution is 9.10. The van der Waals surface area contributed by atoms with E-state index in [4.69, 9.17) is 9.97 Å². The molecule has 1 N–H and O–H groups in total. The summed E-state index contributed by atoms with van der Waals surface area (Å²) in [6.45, 7) is 12.2. The quantitative estimate of drug-likeness (QED) is 0.412. The molecule has 0 spiro atoms. The van der Waals surface area contributed by atoms with Crippen molar-refractivity contribution in [3.05, 3.63) is 52.5 Å². The molecule has 154 valence electrons. The van der Waals surface area contributed by atoms with Crippen LogP contribution in [0.3, 0.4) is 0 Å². The number of halogens is 1. The minimum atomic E-state index is 0.349. The molecule has 0 aliphatic rings. The average molecular weight is 455 g/mol. The van der Waals surface area contributed by atoms with Gasteiger partial charge in [0.05, 0.1) is 5.52 Å². The van der Waals surface area contributed by atoms with Gasteiger partial charge in [0.15, 0.2) is 5.82 Å². The van der Waals surface area contributed by atoms with Crippen molar-refractivity contribution >= 4 is 32.7 Å². The van der Waals surface area contributed by atoms with Crippen molar-refractivity contribution in [1.82, 2.24) is 14.9 Å². The van der Waals surface area contributed by atoms with Crippen LogP contribution in [0.1, 0.15) is 39.2 Å². The Morgan fingerprint density at radius 2 is 1.76 bits per heavy atom. The van der Waals surface area contributed by atoms with Gasteiger partial charge in [-0.15, -0.1) is 0 Å². The van der Waals surface area contributed by atoms with Crippen molar-refractivity contribution in [2.24, 2.45) is 0 Å². The Morgan fingerprint density at radius 3 is 2.45 bits per heavy atom. The Morgan fingerprint density at radius 1 is 1.03 bits per heavy atom. The summed E-state index contributed by atoms with van der Waals surface area (Å²) in [7, 11) is 0. The summed E-state index contributed by atoms with van der Waals surface area (Å²) in [5.74, 6) is 1.68. The number of rotatable bonds is 9. The molecule has 0 amide bonds. The monoisotopic (exact) mass is 454 g/mol. The molecular formula is C24H31BrN4. The Labute approximate surface area is 182 Å². The van der Waals surface area contributed by atoms with Crippen LogP contribution in [0.2, 0.25) is 0 Å². The van der Waals surface area contributed by atoms with E-state index in [-0.39, 0.29) is 0 Å². The molecule has 1 atom stereocenters. The van der Waals surface area contributed by atoms with Crippen molar-refractivity contribution in [2.45, 2.75) is 46.6 Å². The largest absolute Gasteiger partial charge is 0.367 e. The first-order valence-electron chi connectivity index (χ1n) is 10.5. The standard InChI is InChI=1S/C24H31BrN4/c1-5-29(6-2)15-7-8-18(4)26-24-21-16-17(3)9-14-22(21)27-23(28-24)19-10-12-20(25)13-11-19/h9-14,16,18H,5-8,15H2,1-4H3,(H,26,27,28). The van der Waals surface area contributed by atoms with Gasteiger partial charge in [-0.1, -0.05) is 53.5 Å². The molecule has 1 aromatic heterocycles. The third kappa shape index (κ3) is 5.77. The van der Waals surface area contributed by atoms with Crippen LogP contribution in [0.4, 0.5) is 5.82 Å². The lowest BCUT2D eigenvalue weighted by Gasteiger charge is -2.20. The molecule has 0 saturated carbocycles. The number of anilines is 1. The van der Waals surface area contributed by atoms with Gasteiger partial charge < -0.3 is 10.2 Å². The van der Waals surface area contributed by atoms with Crippen molar-refractivity contribution in [3.63, 3.8) is 0 Å². The van der Waals surface area contributed by atoms with E-state index in [1.807, 2.05) is 12.1 Å². The number of fused-ring (bicyclic) bond motifs is 1. The number of aromatic nitrogens is 2. The molecule has 1 heterocycles. The van der Waals surface area contributed by atoms with Crippen LogP contribution in [0.15, 0.2) is 46.9 Å². The van der Waals surface area contributed by atoms with Gasteiger partial charge in [0.2, 0.25) is 0 Å². The number of hydrogen-bond acceptors (Lipinski definition) is 4. The number of nitrogens with one attached hydrogen (secondary N) is 1. The summed E-state index contributed by atoms with van der Waals surface area (Å²) in [4.78, 5) is 12.2. The second-order valence-corrected chi connectivity index (χ2v) is 8.55. The number of hydrogen-bond donors (Lipinski definition) is 1. The van der Waals surface area contributed by atoms with Crippen LogP contribution in [0.25, 0.3) is 22.3 Å². The van der Waals surface area contributed by atoms with E-state index >= 15 is 0 Å². The number of nitrogens with zero attached hydrogens (tertiary/aromatic N) is 3. The highest BCUT2D eigenvalue weighted by Crippen LogP contribution is 2.27. The highest BCUT2D eigenvalue weighted by Gasteiger charge is 2.12. The average Bonchev–Trinajstić information content (AvgIpc) is 2.72. The molecule has 0 aliphatic heterocycles. The predicted octanol–water partition coefficient (Wildman–Crippen LogP) is 6.29. The molecule has 0 bridgehead atoms. The molecule has 0 saturated heterocycles. The van der Waals surface area contributed by atoms with Crippen molar-refractivity contribution in [3.8, 4) is 11.4 Å². The van der Waals surface area contributed by atoms with Gasteiger partial charge in [-0.2, -0.15) is 0 Å². The minimum Gasteiger partial charge on any atom is -0.367 e. The van der Waals surface area contributed by atoms with E-state index in [1.165, 1.54) is 12.0 Å². The molecular weight excluding hydrogens is 424 g/mol. The topological polar surface area (TPSA) is 41.0 Å². The summed E-state index contributed by atoms with van der Waals surface area (Å²) in [5, 5.41) is 4.75. The summed E-state index contributed by atoms with van der Waals surface area (Å²) in [6.07, 6.45) is 2.29. The maximum absolute atomic E-state index is 4.91. The maximum atomic E-state index is 4.91. The van der Waals surface area contributed by atoms with Crippen LogP contribution in [-0.2, 0) is 0 Å². The maximum Gasteiger partial charge on any atom is 0.162 e. The first kappa shape index (κ1) is 21.7. The first-order valence-corrected chi connectivity index (χ1v) is 11.3. The lowest BCUT2D eigenvalue weighted by atomic mass is 10.1. The zero-order valence-electron chi connectivity index (χ0n) is 17.9. The normalized spacial score (nSPS) is 12.5. The van der Waals surface area contributed by atoms with E-state index in [0.29, 0.717) is 6.04 Å². The van der Waals surface area contributed by atoms with Crippen LogP contribution in [-0.4, -0.2) is 40.5 Å². The molecule has 0 fully saturated rings. The van der Waals surface area contributed by atoms with Crippen LogP contribution in [0, 0.1) is 6.92 Å². The van der Waals surface area contributed by atoms with Gasteiger partial charge in [-0.05, 0) is 70.6 Å². The summed E-state index contributed by atoms with van der Waals surface area (Å²) < 4.78 is 1.05. The van der Waals surface area contributed by atoms with Crippen LogP contribution >= 0.6 is 15.9 Å². The molecule has 0 aliphatic carbocycles. The second-order valence-electron chi connectivity index (χ2n) is 7.64. The first-order chi connectivity index (χ1) is 14.0. The van der Waals surface area contributed by atoms with Gasteiger partial charge in [0, 0.05) is 21.5 Å². The highest BCUT2D eigenvalue weighted by atomic mass is 79.9. The Balaban J connectivity index is 1.84. The van der Waals surface area contributed by atoms with Crippen molar-refractivity contribution in [2.75, 3.05) is 25.0 Å². The second kappa shape index (κ2) is 10.2. The molecule has 29 heavy (non-hydrogen) atoms. The van der Waals surface area contributed by atoms with E-state index in [2.05, 4.69) is 84.2 Å². The molecule has 4 nitrogen and oxygen atoms in total. The van der Waals surface area contributed by atoms with Gasteiger partial charge in [-0.3, -0.25) is 0 Å². The van der Waals surface area contributed by atoms with Crippen molar-refractivity contribution < 1.29 is 0 Å². The van der Waals surface area contributed by atoms with E-state index in [9.17, 15) is 0 Å². The smallest absolute Gasteiger partial charge is 0.162 e. The zero-order valence-corrected chi connectivity index (χ0v) is 19.5. The van der Waals surface area contributed by atoms with Gasteiger partial charge in [0.25, 0.3) is 0 Å². The third-order valence-corrected chi connectivity index (χ3v) is 5.87. The zero-order chi connectivity index (χ0) is 20.8. The summed E-state index contributed by atoms with van der Waals surface area (Å²) in [6, 6.07) is 14.9. The van der Waals surface area contributed by atoms with Crippen LogP contribution in [0.5, 0.6) is 0 Å². The fourth-order valence-electron chi connectivity index (χ4n) is 3.55. The summed E-state index contributed by atoms with van der Waals surface area (Å²) >= 11 is 3.50. The van der Waals surface area contributed by atoms with Crippen LogP contribution < -0.4 is 5.32 Å². The molecule has 3 aromatic rings. The lowest BCUT2D eigenvalue weighted by Crippen LogP contribution is -2.25. The predicted molar refractivity (Wildman–Crippen MR) is 128 cm³/mol. The number of aryl methyl sites for hydroxylation is 1. The molecule has 0 radical (unpaired) electrons. The van der Waals surface area contributed by atoms with E-state index in [1.54, 1.807) is 0 Å². The molecule has 3 rings (SSSR count). The fourth-order valence-corrected chi connectivity index (χ4v) is 3.81. The molecule has 5 heteroatoms. The van der Waals surface area contributed by atoms with E-state index in [0.717, 1.165) is 58.6 Å². The minimum absolute atomic E-state index is 0.349. The molecule has 1 unspecified atom stereocenters. The molecule has 2 aromatic carbocycles.